The molecule has 0 saturated heterocycles. The van der Waals surface area contributed by atoms with E-state index >= 15 is 0 Å². The first-order chi connectivity index (χ1) is 13.0. The van der Waals surface area contributed by atoms with Crippen LogP contribution in [0.25, 0.3) is 11.0 Å². The number of anilines is 2. The summed E-state index contributed by atoms with van der Waals surface area (Å²) in [6.45, 7) is 3.84. The van der Waals surface area contributed by atoms with Crippen LogP contribution in [0.5, 0.6) is 0 Å². The van der Waals surface area contributed by atoms with Gasteiger partial charge in [0.05, 0.1) is 22.3 Å². The molecule has 0 aliphatic carbocycles. The van der Waals surface area contributed by atoms with E-state index < -0.39 is 28.6 Å². The standard InChI is InChI=1S/C18H20F3N5OS/c1-9-7-23-15(10(2)16(9)26(3)4)8-28(27)17-24-13-5-11(18(19,20)21)12(22)6-14(13)25-17/h5-7H,8,22H2,1-4H3,(H,24,25). The summed E-state index contributed by atoms with van der Waals surface area (Å²) in [5.74, 6) is 0.0917. The number of imidazole rings is 1. The minimum atomic E-state index is -4.58. The molecule has 0 aliphatic heterocycles. The highest BCUT2D eigenvalue weighted by molar-refractivity contribution is 7.90. The van der Waals surface area contributed by atoms with Crippen LogP contribution in [-0.4, -0.2) is 33.6 Å². The van der Waals surface area contributed by atoms with Crippen molar-refractivity contribution in [3.05, 3.63) is 40.7 Å². The van der Waals surface area contributed by atoms with Crippen LogP contribution < -0.4 is 10.6 Å². The number of nitrogens with two attached hydrogens (primary N) is 1. The number of aryl methyl sites for hydroxylation is 1. The van der Waals surface area contributed by atoms with E-state index in [1.54, 1.807) is 6.20 Å². The van der Waals surface area contributed by atoms with Gasteiger partial charge in [0.15, 0.2) is 5.75 Å². The number of aromatic nitrogens is 3. The Labute approximate surface area is 163 Å². The van der Waals surface area contributed by atoms with Crippen molar-refractivity contribution >= 4 is 33.6 Å². The number of alkyl halides is 3. The molecule has 2 aromatic heterocycles. The van der Waals surface area contributed by atoms with Crippen LogP contribution in [-0.2, 0) is 23.1 Å². The molecule has 2 heterocycles. The SMILES string of the molecule is Cc1cnc(C[S+]([O-])c2nc3cc(N)c(C(F)(F)F)cc3[nH]2)c(C)c1N(C)C. The second kappa shape index (κ2) is 7.17. The number of aromatic amines is 1. The summed E-state index contributed by atoms with van der Waals surface area (Å²) in [6, 6.07) is 2.02. The van der Waals surface area contributed by atoms with Gasteiger partial charge in [0.1, 0.15) is 0 Å². The number of nitrogen functional groups attached to an aromatic ring is 1. The summed E-state index contributed by atoms with van der Waals surface area (Å²) in [5, 5.41) is 0.0851. The van der Waals surface area contributed by atoms with Crippen LogP contribution >= 0.6 is 0 Å². The lowest BCUT2D eigenvalue weighted by Gasteiger charge is -2.20. The lowest BCUT2D eigenvalue weighted by atomic mass is 10.1. The fourth-order valence-electron chi connectivity index (χ4n) is 3.19. The summed E-state index contributed by atoms with van der Waals surface area (Å²) in [4.78, 5) is 13.2. The predicted molar refractivity (Wildman–Crippen MR) is 104 cm³/mol. The van der Waals surface area contributed by atoms with Crippen molar-refractivity contribution in [2.24, 2.45) is 0 Å². The minimum Gasteiger partial charge on any atom is -0.609 e. The lowest BCUT2D eigenvalue weighted by Crippen LogP contribution is -2.16. The fourth-order valence-corrected chi connectivity index (χ4v) is 4.29. The number of rotatable bonds is 4. The second-order valence-corrected chi connectivity index (χ2v) is 8.11. The third-order valence-corrected chi connectivity index (χ3v) is 5.60. The third-order valence-electron chi connectivity index (χ3n) is 4.44. The van der Waals surface area contributed by atoms with Crippen LogP contribution in [0, 0.1) is 13.8 Å². The highest BCUT2D eigenvalue weighted by Gasteiger charge is 2.34. The third kappa shape index (κ3) is 3.74. The molecule has 0 fully saturated rings. The molecule has 1 unspecified atom stereocenters. The maximum absolute atomic E-state index is 13.0. The fraction of sp³-hybridized carbons (Fsp3) is 0.333. The van der Waals surface area contributed by atoms with Gasteiger partial charge < -0.3 is 15.2 Å². The Morgan fingerprint density at radius 1 is 1.25 bits per heavy atom. The minimum absolute atomic E-state index is 0.0851. The lowest BCUT2D eigenvalue weighted by molar-refractivity contribution is -0.136. The van der Waals surface area contributed by atoms with Gasteiger partial charge in [-0.25, -0.2) is 0 Å². The average Bonchev–Trinajstić information content (AvgIpc) is 2.98. The van der Waals surface area contributed by atoms with Crippen molar-refractivity contribution in [2.75, 3.05) is 24.7 Å². The molecule has 10 heteroatoms. The quantitative estimate of drug-likeness (QED) is 0.506. The van der Waals surface area contributed by atoms with Gasteiger partial charge in [-0.1, -0.05) is 0 Å². The molecule has 0 amide bonds. The monoisotopic (exact) mass is 411 g/mol. The van der Waals surface area contributed by atoms with Crippen LogP contribution in [0.1, 0.15) is 22.4 Å². The largest absolute Gasteiger partial charge is 0.609 e. The van der Waals surface area contributed by atoms with Gasteiger partial charge in [0.2, 0.25) is 0 Å². The molecule has 0 radical (unpaired) electrons. The summed E-state index contributed by atoms with van der Waals surface area (Å²) < 4.78 is 51.8. The Morgan fingerprint density at radius 3 is 2.54 bits per heavy atom. The summed E-state index contributed by atoms with van der Waals surface area (Å²) in [5.41, 5.74) is 8.02. The van der Waals surface area contributed by atoms with Crippen molar-refractivity contribution in [3.8, 4) is 0 Å². The molecular weight excluding hydrogens is 391 g/mol. The Balaban J connectivity index is 1.94. The Kier molecular flexibility index (Phi) is 5.20. The molecule has 150 valence electrons. The van der Waals surface area contributed by atoms with Crippen molar-refractivity contribution in [2.45, 2.75) is 30.9 Å². The van der Waals surface area contributed by atoms with Crippen molar-refractivity contribution in [3.63, 3.8) is 0 Å². The number of hydrogen-bond donors (Lipinski definition) is 2. The molecule has 0 aliphatic rings. The molecule has 6 nitrogen and oxygen atoms in total. The molecule has 28 heavy (non-hydrogen) atoms. The maximum Gasteiger partial charge on any atom is 0.418 e. The smallest absolute Gasteiger partial charge is 0.418 e. The van der Waals surface area contributed by atoms with Crippen molar-refractivity contribution in [1.29, 1.82) is 0 Å². The first-order valence-corrected chi connectivity index (χ1v) is 9.68. The zero-order valence-corrected chi connectivity index (χ0v) is 16.6. The topological polar surface area (TPSA) is 93.9 Å². The van der Waals surface area contributed by atoms with E-state index in [9.17, 15) is 17.7 Å². The number of hydrogen-bond acceptors (Lipinski definition) is 5. The molecule has 1 aromatic carbocycles. The first kappa shape index (κ1) is 20.3. The number of pyridine rings is 1. The highest BCUT2D eigenvalue weighted by atomic mass is 32.2. The van der Waals surface area contributed by atoms with Gasteiger partial charge in [-0.2, -0.15) is 18.2 Å². The van der Waals surface area contributed by atoms with Gasteiger partial charge in [-0.15, -0.1) is 0 Å². The predicted octanol–water partition coefficient (Wildman–Crippen LogP) is 3.55. The van der Waals surface area contributed by atoms with E-state index in [-0.39, 0.29) is 21.9 Å². The number of halogens is 3. The second-order valence-electron chi connectivity index (χ2n) is 6.74. The van der Waals surface area contributed by atoms with E-state index in [0.717, 1.165) is 28.9 Å². The van der Waals surface area contributed by atoms with Crippen LogP contribution in [0.3, 0.4) is 0 Å². The number of nitrogens with zero attached hydrogens (tertiary/aromatic N) is 3. The van der Waals surface area contributed by atoms with Gasteiger partial charge in [0, 0.05) is 42.8 Å². The van der Waals surface area contributed by atoms with E-state index in [2.05, 4.69) is 15.0 Å². The van der Waals surface area contributed by atoms with E-state index in [0.29, 0.717) is 5.69 Å². The molecule has 3 aromatic rings. The zero-order valence-electron chi connectivity index (χ0n) is 15.8. The normalized spacial score (nSPS) is 13.1. The van der Waals surface area contributed by atoms with Crippen molar-refractivity contribution < 1.29 is 17.7 Å². The van der Waals surface area contributed by atoms with Gasteiger partial charge in [-0.3, -0.25) is 9.97 Å². The first-order valence-electron chi connectivity index (χ1n) is 8.36. The summed E-state index contributed by atoms with van der Waals surface area (Å²) >= 11 is -1.61. The number of nitrogens with one attached hydrogen (secondary N) is 1. The number of fused-ring (bicyclic) bond motifs is 1. The zero-order chi connectivity index (χ0) is 20.8. The number of H-pyrrole nitrogens is 1. The summed E-state index contributed by atoms with van der Waals surface area (Å²) in [6.07, 6.45) is -2.86. The van der Waals surface area contributed by atoms with Gasteiger partial charge >= 0.3 is 11.3 Å². The van der Waals surface area contributed by atoms with E-state index in [4.69, 9.17) is 5.73 Å². The molecule has 1 atom stereocenters. The van der Waals surface area contributed by atoms with E-state index in [1.807, 2.05) is 32.8 Å². The maximum atomic E-state index is 13.0. The summed E-state index contributed by atoms with van der Waals surface area (Å²) in [7, 11) is 3.83. The Hall–Kier alpha value is -2.46. The van der Waals surface area contributed by atoms with Crippen LogP contribution in [0.4, 0.5) is 24.5 Å². The molecule has 0 bridgehead atoms. The molecule has 0 saturated carbocycles. The molecule has 3 rings (SSSR count). The Morgan fingerprint density at radius 2 is 1.93 bits per heavy atom. The van der Waals surface area contributed by atoms with Crippen LogP contribution in [0.15, 0.2) is 23.5 Å². The highest BCUT2D eigenvalue weighted by Crippen LogP contribution is 2.36. The Bertz CT molecular complexity index is 1030. The van der Waals surface area contributed by atoms with Gasteiger partial charge in [0.25, 0.3) is 0 Å². The van der Waals surface area contributed by atoms with Gasteiger partial charge in [-0.05, 0) is 37.1 Å². The van der Waals surface area contributed by atoms with E-state index in [1.165, 1.54) is 0 Å². The molecular formula is C18H20F3N5OS. The molecule has 0 spiro atoms. The van der Waals surface area contributed by atoms with Crippen molar-refractivity contribution in [1.82, 2.24) is 15.0 Å². The molecule has 3 N–H and O–H groups in total. The van der Waals surface area contributed by atoms with Crippen LogP contribution in [0.2, 0.25) is 0 Å². The average molecular weight is 411 g/mol. The number of benzene rings is 1.